The van der Waals surface area contributed by atoms with E-state index in [1.165, 1.54) is 13.8 Å². The zero-order chi connectivity index (χ0) is 46.3. The summed E-state index contributed by atoms with van der Waals surface area (Å²) in [6.07, 6.45) is -4.12. The van der Waals surface area contributed by atoms with E-state index in [0.717, 1.165) is 47.6 Å². The van der Waals surface area contributed by atoms with Gasteiger partial charge in [-0.2, -0.15) is 16.1 Å². The number of carbonyl (C=O) groups is 4. The van der Waals surface area contributed by atoms with Crippen LogP contribution in [-0.2, 0) is 50.7 Å². The quantitative estimate of drug-likeness (QED) is 0.0355. The number of fused-ring (bicyclic) bond motifs is 2. The van der Waals surface area contributed by atoms with Crippen molar-refractivity contribution in [3.05, 3.63) is 12.7 Å². The number of urea groups is 1. The van der Waals surface area contributed by atoms with Crippen LogP contribution >= 0.6 is 47.0 Å². The fourth-order valence-corrected chi connectivity index (χ4v) is 11.7. The molecule has 3 aliphatic heterocycles. The molecule has 12 N–H and O–H groups in total. The normalized spacial score (nSPS) is 26.0. The highest BCUT2D eigenvalue weighted by molar-refractivity contribution is 8.13. The molecule has 0 aromatic carbocycles. The van der Waals surface area contributed by atoms with E-state index in [4.69, 9.17) is 19.5 Å². The minimum Gasteiger partial charge on any atom is -0.386 e. The van der Waals surface area contributed by atoms with Crippen LogP contribution in [0.25, 0.3) is 11.2 Å². The number of aliphatic hydroxyl groups excluding tert-OH is 2. The molecule has 0 saturated carbocycles. The summed E-state index contributed by atoms with van der Waals surface area (Å²) in [6.45, 7) is 0.455. The monoisotopic (exact) mass is 993 g/mol. The van der Waals surface area contributed by atoms with Gasteiger partial charge in [0.2, 0.25) is 11.8 Å². The van der Waals surface area contributed by atoms with Crippen molar-refractivity contribution in [2.75, 3.05) is 43.5 Å². The standard InChI is InChI=1S/C31H50N9O18P3S2/c1-31(2,25(44)28(45)34-8-7-19(41)33-9-10-62-20(42)6-4-3-5-18-21-16(12-63-18)38-30(46)39-21)13-55-61(52,53)58-60(50,51)54-11-17-24(57-59(47,48)49)23(43)29(56-17)40-15-37-22-26(32)35-14-36-27(22)40/h14-18,21,23-25,29,43-44H,3-13H2,1-2H3,(H,33,41)(H,34,45)(H,50,51)(H,52,53)(H2,32,35,36)(H2,38,39,46)(H2,47,48,49)/t16?,17-,18+,21?,23-,24-,25+,29-/m1/s1. The Morgan fingerprint density at radius 2 is 1.79 bits per heavy atom. The minimum absolute atomic E-state index is 0.00559. The van der Waals surface area contributed by atoms with Crippen molar-refractivity contribution < 1.29 is 85.3 Å². The minimum atomic E-state index is -5.58. The van der Waals surface area contributed by atoms with Gasteiger partial charge in [0.25, 0.3) is 0 Å². The van der Waals surface area contributed by atoms with Gasteiger partial charge >= 0.3 is 29.5 Å². The number of phosphoric acid groups is 3. The van der Waals surface area contributed by atoms with Crippen LogP contribution in [0.1, 0.15) is 52.2 Å². The largest absolute Gasteiger partial charge is 0.481 e. The van der Waals surface area contributed by atoms with Gasteiger partial charge in [0.15, 0.2) is 22.8 Å². The molecule has 5 heterocycles. The summed E-state index contributed by atoms with van der Waals surface area (Å²) in [7, 11) is -16.4. The molecule has 0 aliphatic carbocycles. The molecule has 3 fully saturated rings. The summed E-state index contributed by atoms with van der Waals surface area (Å²) < 4.78 is 62.3. The van der Waals surface area contributed by atoms with E-state index < -0.39 is 84.6 Å². The van der Waals surface area contributed by atoms with Crippen LogP contribution in [0.2, 0.25) is 0 Å². The predicted molar refractivity (Wildman–Crippen MR) is 221 cm³/mol. The van der Waals surface area contributed by atoms with Gasteiger partial charge in [-0.25, -0.2) is 33.4 Å². The van der Waals surface area contributed by atoms with Crippen molar-refractivity contribution >= 4 is 86.9 Å². The number of amides is 4. The lowest BCUT2D eigenvalue weighted by Gasteiger charge is -2.30. The van der Waals surface area contributed by atoms with Crippen LogP contribution < -0.4 is 27.0 Å². The fourth-order valence-electron chi connectivity index (χ4n) is 6.63. The first-order valence-electron chi connectivity index (χ1n) is 19.2. The van der Waals surface area contributed by atoms with Crippen LogP contribution in [0, 0.1) is 5.41 Å². The van der Waals surface area contributed by atoms with Gasteiger partial charge in [-0.05, 0) is 12.8 Å². The van der Waals surface area contributed by atoms with Crippen LogP contribution in [0.15, 0.2) is 12.7 Å². The molecule has 2 aromatic rings. The number of aromatic nitrogens is 4. The van der Waals surface area contributed by atoms with Crippen molar-refractivity contribution in [2.45, 2.75) is 93.9 Å². The SMILES string of the molecule is CC(C)(COP(=O)(O)OP(=O)(O)OC[C@H]1O[C@@H](n2cnc3c(N)ncnc32)[C@H](O)[C@@H]1OP(=O)(O)O)[C@@H](O)C(=O)NCCC(=O)NCCSC(=O)CCCC[C@@H]1SCC2NC(=O)NC21. The number of aliphatic hydroxyl groups is 2. The molecule has 27 nitrogen and oxygen atoms in total. The number of nitrogens with zero attached hydrogens (tertiary/aromatic N) is 4. The summed E-state index contributed by atoms with van der Waals surface area (Å²) >= 11 is 2.91. The summed E-state index contributed by atoms with van der Waals surface area (Å²) in [6, 6.07) is 0.132. The van der Waals surface area contributed by atoms with Crippen molar-refractivity contribution in [1.29, 1.82) is 0 Å². The Labute approximate surface area is 367 Å². The number of carbonyl (C=O) groups excluding carboxylic acids is 4. The number of thioether (sulfide) groups is 2. The molecule has 32 heteroatoms. The molecule has 63 heavy (non-hydrogen) atoms. The lowest BCUT2D eigenvalue weighted by molar-refractivity contribution is -0.137. The topological polar surface area (TPSA) is 405 Å². The third-order valence-corrected chi connectivity index (χ3v) is 15.4. The van der Waals surface area contributed by atoms with Gasteiger partial charge in [0, 0.05) is 48.1 Å². The molecule has 0 bridgehead atoms. The highest BCUT2D eigenvalue weighted by Gasteiger charge is 2.50. The Balaban J connectivity index is 0.979. The van der Waals surface area contributed by atoms with E-state index in [-0.39, 0.29) is 59.7 Å². The van der Waals surface area contributed by atoms with Crippen molar-refractivity contribution in [3.8, 4) is 0 Å². The number of nitrogen functional groups attached to an aromatic ring is 1. The van der Waals surface area contributed by atoms with Gasteiger partial charge < -0.3 is 61.5 Å². The molecule has 2 aromatic heterocycles. The zero-order valence-electron chi connectivity index (χ0n) is 33.7. The second kappa shape index (κ2) is 21.7. The van der Waals surface area contributed by atoms with Crippen LogP contribution in [0.4, 0.5) is 10.6 Å². The zero-order valence-corrected chi connectivity index (χ0v) is 38.0. The number of phosphoric ester groups is 3. The molecule has 3 saturated heterocycles. The Morgan fingerprint density at radius 1 is 1.06 bits per heavy atom. The first-order valence-corrected chi connectivity index (χ1v) is 25.7. The van der Waals surface area contributed by atoms with E-state index in [1.807, 2.05) is 11.8 Å². The molecule has 0 radical (unpaired) electrons. The smallest absolute Gasteiger partial charge is 0.386 e. The van der Waals surface area contributed by atoms with Gasteiger partial charge in [0.1, 0.15) is 36.3 Å². The molecule has 4 unspecified atom stereocenters. The number of anilines is 1. The Bertz CT molecular complexity index is 2120. The predicted octanol–water partition coefficient (Wildman–Crippen LogP) is -0.609. The third kappa shape index (κ3) is 14.6. The molecule has 3 aliphatic rings. The van der Waals surface area contributed by atoms with E-state index in [9.17, 15) is 62.7 Å². The molecule has 0 spiro atoms. The summed E-state index contributed by atoms with van der Waals surface area (Å²) in [5.41, 5.74) is 4.25. The summed E-state index contributed by atoms with van der Waals surface area (Å²) in [5, 5.41) is 32.7. The van der Waals surface area contributed by atoms with Gasteiger partial charge in [-0.1, -0.05) is 32.0 Å². The van der Waals surface area contributed by atoms with E-state index in [1.54, 1.807) is 0 Å². The number of rotatable bonds is 24. The lowest BCUT2D eigenvalue weighted by Crippen LogP contribution is -2.46. The van der Waals surface area contributed by atoms with Crippen LogP contribution in [0.3, 0.4) is 0 Å². The highest BCUT2D eigenvalue weighted by atomic mass is 32.2. The van der Waals surface area contributed by atoms with Gasteiger partial charge in [-0.15, -0.1) is 0 Å². The average molecular weight is 994 g/mol. The number of nitrogens with two attached hydrogens (primary N) is 1. The Morgan fingerprint density at radius 3 is 2.52 bits per heavy atom. The highest BCUT2D eigenvalue weighted by Crippen LogP contribution is 2.61. The van der Waals surface area contributed by atoms with Gasteiger partial charge in [-0.3, -0.25) is 32.5 Å². The Kier molecular flexibility index (Phi) is 17.6. The van der Waals surface area contributed by atoms with Crippen molar-refractivity contribution in [2.24, 2.45) is 5.41 Å². The number of hydrogen-bond acceptors (Lipinski definition) is 20. The maximum Gasteiger partial charge on any atom is 0.481 e. The van der Waals surface area contributed by atoms with Crippen molar-refractivity contribution in [1.82, 2.24) is 40.8 Å². The molecule has 4 amide bonds. The maximum atomic E-state index is 12.7. The number of nitrogens with one attached hydrogen (secondary N) is 4. The summed E-state index contributed by atoms with van der Waals surface area (Å²) in [4.78, 5) is 99.8. The lowest BCUT2D eigenvalue weighted by atomic mass is 9.87. The second-order valence-corrected chi connectivity index (χ2v) is 21.8. The van der Waals surface area contributed by atoms with Crippen LogP contribution in [0.5, 0.6) is 0 Å². The maximum absolute atomic E-state index is 12.7. The van der Waals surface area contributed by atoms with E-state index in [0.29, 0.717) is 23.8 Å². The number of ether oxygens (including phenoxy) is 1. The van der Waals surface area contributed by atoms with Gasteiger partial charge in [0.05, 0.1) is 31.6 Å². The number of unbranched alkanes of at least 4 members (excludes halogenated alkanes) is 1. The molecular formula is C31H50N9O18P3S2. The van der Waals surface area contributed by atoms with E-state index in [2.05, 4.69) is 45.1 Å². The fraction of sp³-hybridized carbons (Fsp3) is 0.710. The molecule has 5 rings (SSSR count). The van der Waals surface area contributed by atoms with E-state index >= 15 is 0 Å². The Hall–Kier alpha value is -2.82. The summed E-state index contributed by atoms with van der Waals surface area (Å²) in [5.74, 6) is -0.262. The van der Waals surface area contributed by atoms with Crippen molar-refractivity contribution in [3.63, 3.8) is 0 Å². The molecule has 354 valence electrons. The number of imidazole rings is 1. The third-order valence-electron chi connectivity index (χ3n) is 9.82. The average Bonchev–Trinajstić information content (AvgIpc) is 3.96. The molecule has 10 atom stereocenters. The second-order valence-electron chi connectivity index (χ2n) is 15.2. The molecular weight excluding hydrogens is 943 g/mol. The number of hydrogen-bond donors (Lipinski definition) is 11. The van der Waals surface area contributed by atoms with Crippen LogP contribution in [-0.4, -0.2) is 152 Å². The first-order chi connectivity index (χ1) is 29.4. The first kappa shape index (κ1) is 51.2.